The molecule has 0 saturated carbocycles. The lowest BCUT2D eigenvalue weighted by molar-refractivity contribution is -0.149. The Morgan fingerprint density at radius 1 is 0.927 bits per heavy atom. The lowest BCUT2D eigenvalue weighted by Gasteiger charge is -2.35. The second kappa shape index (κ2) is 12.7. The van der Waals surface area contributed by atoms with Crippen molar-refractivity contribution in [2.75, 3.05) is 62.2 Å². The van der Waals surface area contributed by atoms with Crippen LogP contribution in [0.15, 0.2) is 42.5 Å². The minimum atomic E-state index is -4.23. The summed E-state index contributed by atoms with van der Waals surface area (Å²) in [6, 6.07) is 10.3. The van der Waals surface area contributed by atoms with Gasteiger partial charge in [0, 0.05) is 62.6 Å². The molecule has 4 rings (SSSR count). The first-order chi connectivity index (χ1) is 19.3. The van der Waals surface area contributed by atoms with Gasteiger partial charge in [-0.15, -0.1) is 0 Å². The average molecular weight is 601 g/mol. The number of nitrogens with two attached hydrogens (primary N) is 1. The van der Waals surface area contributed by atoms with Gasteiger partial charge in [0.25, 0.3) is 5.91 Å². The van der Waals surface area contributed by atoms with Gasteiger partial charge in [0.15, 0.2) is 9.84 Å². The summed E-state index contributed by atoms with van der Waals surface area (Å²) in [7, 11) is -3.24. The second-order valence-electron chi connectivity index (χ2n) is 10.1. The van der Waals surface area contributed by atoms with Gasteiger partial charge in [-0.05, 0) is 29.8 Å². The van der Waals surface area contributed by atoms with Crippen LogP contribution < -0.4 is 16.2 Å². The SMILES string of the molecule is NNC(=O)c1ccc(CN(C(=O)N2CCS(=O)(=O)CC2)c2ccc(CN3CCN(CC(F)(F)F)CC3)cc2)c(F)c1. The van der Waals surface area contributed by atoms with Gasteiger partial charge in [-0.1, -0.05) is 18.2 Å². The van der Waals surface area contributed by atoms with Crippen molar-refractivity contribution < 1.29 is 35.6 Å². The standard InChI is InChI=1S/C26H32F4N6O4S/c27-23-15-20(24(37)32-31)3-4-21(23)17-36(25(38)35-11-13-41(39,40)14-12-35)22-5-1-19(2-6-22)16-33-7-9-34(10-8-33)18-26(28,29)30/h1-6,15H,7-14,16-18,31H2,(H,32,37). The quantitative estimate of drug-likeness (QED) is 0.216. The monoisotopic (exact) mass is 600 g/mol. The molecule has 0 atom stereocenters. The van der Waals surface area contributed by atoms with E-state index in [-0.39, 0.29) is 42.3 Å². The number of hydrogen-bond donors (Lipinski definition) is 2. The summed E-state index contributed by atoms with van der Waals surface area (Å²) in [5, 5.41) is 0. The molecule has 0 aromatic heterocycles. The van der Waals surface area contributed by atoms with E-state index in [0.717, 1.165) is 11.6 Å². The number of alkyl halides is 3. The average Bonchev–Trinajstić information content (AvgIpc) is 2.92. The van der Waals surface area contributed by atoms with Gasteiger partial charge in [0.2, 0.25) is 0 Å². The Labute approximate surface area is 235 Å². The number of benzene rings is 2. The molecule has 41 heavy (non-hydrogen) atoms. The number of anilines is 1. The van der Waals surface area contributed by atoms with Gasteiger partial charge < -0.3 is 4.90 Å². The van der Waals surface area contributed by atoms with Crippen LogP contribution in [0.3, 0.4) is 0 Å². The maximum Gasteiger partial charge on any atom is 0.401 e. The predicted octanol–water partition coefficient (Wildman–Crippen LogP) is 1.97. The molecular weight excluding hydrogens is 568 g/mol. The molecule has 15 heteroatoms. The summed E-state index contributed by atoms with van der Waals surface area (Å²) < 4.78 is 76.7. The minimum absolute atomic E-state index is 0.00809. The van der Waals surface area contributed by atoms with E-state index in [4.69, 9.17) is 5.84 Å². The van der Waals surface area contributed by atoms with E-state index in [9.17, 15) is 35.6 Å². The molecule has 2 aromatic rings. The number of carbonyl (C=O) groups is 2. The molecule has 2 aliphatic heterocycles. The zero-order chi connectivity index (χ0) is 29.8. The van der Waals surface area contributed by atoms with Crippen LogP contribution in [0.1, 0.15) is 21.5 Å². The Balaban J connectivity index is 1.49. The molecule has 3 N–H and O–H groups in total. The number of hydrogen-bond acceptors (Lipinski definition) is 7. The summed E-state index contributed by atoms with van der Waals surface area (Å²) in [6.45, 7) is 1.01. The molecule has 0 aliphatic carbocycles. The van der Waals surface area contributed by atoms with Gasteiger partial charge >= 0.3 is 12.2 Å². The Bertz CT molecular complexity index is 1330. The predicted molar refractivity (Wildman–Crippen MR) is 144 cm³/mol. The lowest BCUT2D eigenvalue weighted by Crippen LogP contribution is -2.49. The number of nitrogen functional groups attached to an aromatic ring is 1. The maximum atomic E-state index is 15.0. The van der Waals surface area contributed by atoms with E-state index in [2.05, 4.69) is 0 Å². The Morgan fingerprint density at radius 3 is 2.10 bits per heavy atom. The van der Waals surface area contributed by atoms with Crippen LogP contribution in [-0.2, 0) is 22.9 Å². The van der Waals surface area contributed by atoms with Crippen LogP contribution in [0.4, 0.5) is 28.0 Å². The Hall–Kier alpha value is -3.27. The van der Waals surface area contributed by atoms with Crippen molar-refractivity contribution in [3.63, 3.8) is 0 Å². The third kappa shape index (κ3) is 8.38. The molecule has 0 spiro atoms. The maximum absolute atomic E-state index is 15.0. The van der Waals surface area contributed by atoms with Gasteiger partial charge in [-0.3, -0.25) is 24.9 Å². The highest BCUT2D eigenvalue weighted by Crippen LogP contribution is 2.24. The summed E-state index contributed by atoms with van der Waals surface area (Å²) in [5.74, 6) is 3.40. The number of piperazine rings is 1. The summed E-state index contributed by atoms with van der Waals surface area (Å²) in [6.07, 6.45) is -4.23. The van der Waals surface area contributed by atoms with Crippen molar-refractivity contribution in [2.45, 2.75) is 19.3 Å². The van der Waals surface area contributed by atoms with Crippen molar-refractivity contribution in [3.8, 4) is 0 Å². The van der Waals surface area contributed by atoms with Gasteiger partial charge in [-0.2, -0.15) is 13.2 Å². The molecule has 2 aromatic carbocycles. The fraction of sp³-hybridized carbons (Fsp3) is 0.462. The lowest BCUT2D eigenvalue weighted by atomic mass is 10.1. The molecule has 2 heterocycles. The number of nitrogens with zero attached hydrogens (tertiary/aromatic N) is 4. The number of carbonyl (C=O) groups excluding carboxylic acids is 2. The molecule has 2 fully saturated rings. The Kier molecular flexibility index (Phi) is 9.51. The highest BCUT2D eigenvalue weighted by atomic mass is 32.2. The normalized spacial score (nSPS) is 18.2. The van der Waals surface area contributed by atoms with Gasteiger partial charge in [0.05, 0.1) is 24.6 Å². The molecule has 3 amide bonds. The van der Waals surface area contributed by atoms with E-state index < -0.39 is 40.3 Å². The number of urea groups is 1. The molecule has 0 bridgehead atoms. The summed E-state index contributed by atoms with van der Waals surface area (Å²) in [4.78, 5) is 31.5. The third-order valence-electron chi connectivity index (χ3n) is 7.14. The van der Waals surface area contributed by atoms with Crippen molar-refractivity contribution in [1.82, 2.24) is 20.1 Å². The minimum Gasteiger partial charge on any atom is -0.322 e. The third-order valence-corrected chi connectivity index (χ3v) is 8.75. The van der Waals surface area contributed by atoms with Crippen LogP contribution in [0.25, 0.3) is 0 Å². The van der Waals surface area contributed by atoms with Gasteiger partial charge in [-0.25, -0.2) is 23.4 Å². The van der Waals surface area contributed by atoms with E-state index in [1.807, 2.05) is 10.3 Å². The molecular formula is C26H32F4N6O4S. The van der Waals surface area contributed by atoms with Crippen molar-refractivity contribution in [2.24, 2.45) is 5.84 Å². The molecule has 224 valence electrons. The fourth-order valence-corrected chi connectivity index (χ4v) is 6.01. The molecule has 2 saturated heterocycles. The first-order valence-corrected chi connectivity index (χ1v) is 14.8. The van der Waals surface area contributed by atoms with E-state index in [1.165, 1.54) is 26.8 Å². The molecule has 0 unspecified atom stereocenters. The number of nitrogens with one attached hydrogen (secondary N) is 1. The first-order valence-electron chi connectivity index (χ1n) is 13.0. The second-order valence-corrected chi connectivity index (χ2v) is 12.4. The zero-order valence-corrected chi connectivity index (χ0v) is 23.1. The topological polar surface area (TPSA) is 119 Å². The van der Waals surface area contributed by atoms with Gasteiger partial charge in [0.1, 0.15) is 5.82 Å². The highest BCUT2D eigenvalue weighted by Gasteiger charge is 2.32. The highest BCUT2D eigenvalue weighted by molar-refractivity contribution is 7.91. The smallest absolute Gasteiger partial charge is 0.322 e. The first kappa shape index (κ1) is 30.7. The van der Waals surface area contributed by atoms with Crippen LogP contribution in [0, 0.1) is 5.82 Å². The van der Waals surface area contributed by atoms with E-state index in [0.29, 0.717) is 38.4 Å². The fourth-order valence-electron chi connectivity index (χ4n) is 4.81. The molecule has 10 nitrogen and oxygen atoms in total. The molecule has 2 aliphatic rings. The number of hydrazine groups is 1. The van der Waals surface area contributed by atoms with E-state index >= 15 is 0 Å². The van der Waals surface area contributed by atoms with Crippen LogP contribution in [0.5, 0.6) is 0 Å². The summed E-state index contributed by atoms with van der Waals surface area (Å²) in [5.41, 5.74) is 3.41. The van der Waals surface area contributed by atoms with Crippen molar-refractivity contribution >= 4 is 27.5 Å². The van der Waals surface area contributed by atoms with Crippen molar-refractivity contribution in [1.29, 1.82) is 0 Å². The van der Waals surface area contributed by atoms with Crippen LogP contribution >= 0.6 is 0 Å². The number of sulfone groups is 1. The van der Waals surface area contributed by atoms with E-state index in [1.54, 1.807) is 24.3 Å². The van der Waals surface area contributed by atoms with Crippen LogP contribution in [-0.4, -0.2) is 98.6 Å². The Morgan fingerprint density at radius 2 is 1.54 bits per heavy atom. The molecule has 0 radical (unpaired) electrons. The van der Waals surface area contributed by atoms with Crippen LogP contribution in [0.2, 0.25) is 0 Å². The number of amides is 3. The number of halogens is 4. The summed E-state index contributed by atoms with van der Waals surface area (Å²) >= 11 is 0. The van der Waals surface area contributed by atoms with Crippen molar-refractivity contribution in [3.05, 3.63) is 65.0 Å². The zero-order valence-electron chi connectivity index (χ0n) is 22.2. The largest absolute Gasteiger partial charge is 0.401 e. The number of rotatable bonds is 7.